The molecule has 0 aromatic rings. The fraction of sp³-hybridized carbons (Fsp3) is 1.00. The third kappa shape index (κ3) is 2.47. The van der Waals surface area contributed by atoms with Gasteiger partial charge in [-0.25, -0.2) is 0 Å². The summed E-state index contributed by atoms with van der Waals surface area (Å²) in [4.78, 5) is 2.47. The van der Waals surface area contributed by atoms with Gasteiger partial charge in [0.15, 0.2) is 0 Å². The lowest BCUT2D eigenvalue weighted by molar-refractivity contribution is -0.0247. The monoisotopic (exact) mass is 198 g/mol. The van der Waals surface area contributed by atoms with Gasteiger partial charge in [0.05, 0.1) is 12.7 Å². The maximum absolute atomic E-state index is 6.35. The van der Waals surface area contributed by atoms with Gasteiger partial charge in [0.1, 0.15) is 0 Å². The zero-order chi connectivity index (χ0) is 10.0. The first-order valence-electron chi connectivity index (χ1n) is 5.81. The highest BCUT2D eigenvalue weighted by molar-refractivity contribution is 4.92. The number of morpholine rings is 1. The SMILES string of the molecule is CC1CN(CC2(N)CCCC2)CCO1. The molecule has 0 aromatic heterocycles. The van der Waals surface area contributed by atoms with Crippen molar-refractivity contribution in [1.29, 1.82) is 0 Å². The molecule has 2 aliphatic rings. The number of nitrogens with two attached hydrogens (primary N) is 1. The Morgan fingerprint density at radius 1 is 1.43 bits per heavy atom. The summed E-state index contributed by atoms with van der Waals surface area (Å²) in [6.07, 6.45) is 5.43. The fourth-order valence-corrected chi connectivity index (χ4v) is 2.72. The van der Waals surface area contributed by atoms with Crippen LogP contribution in [0.4, 0.5) is 0 Å². The first kappa shape index (κ1) is 10.4. The van der Waals surface area contributed by atoms with Gasteiger partial charge >= 0.3 is 0 Å². The maximum atomic E-state index is 6.35. The third-order valence-corrected chi connectivity index (χ3v) is 3.46. The largest absolute Gasteiger partial charge is 0.376 e. The van der Waals surface area contributed by atoms with Gasteiger partial charge in [-0.15, -0.1) is 0 Å². The molecule has 1 heterocycles. The summed E-state index contributed by atoms with van der Waals surface area (Å²) in [6.45, 7) is 6.20. The Balaban J connectivity index is 1.83. The molecule has 0 radical (unpaired) electrons. The first-order chi connectivity index (χ1) is 6.68. The molecular weight excluding hydrogens is 176 g/mol. The van der Waals surface area contributed by atoms with Crippen LogP contribution < -0.4 is 5.73 Å². The second-order valence-electron chi connectivity index (χ2n) is 4.99. The minimum absolute atomic E-state index is 0.108. The predicted octanol–water partition coefficient (Wildman–Crippen LogP) is 0.979. The molecule has 2 rings (SSSR count). The van der Waals surface area contributed by atoms with Crippen LogP contribution in [0.15, 0.2) is 0 Å². The van der Waals surface area contributed by atoms with E-state index in [1.165, 1.54) is 25.7 Å². The summed E-state index contributed by atoms with van der Waals surface area (Å²) in [5.41, 5.74) is 6.46. The maximum Gasteiger partial charge on any atom is 0.0674 e. The van der Waals surface area contributed by atoms with Crippen LogP contribution in [0.3, 0.4) is 0 Å². The highest BCUT2D eigenvalue weighted by Gasteiger charge is 2.32. The predicted molar refractivity (Wildman–Crippen MR) is 57.2 cm³/mol. The summed E-state index contributed by atoms with van der Waals surface area (Å²) in [6, 6.07) is 0. The Labute approximate surface area is 86.6 Å². The molecule has 0 bridgehead atoms. The molecule has 2 N–H and O–H groups in total. The Morgan fingerprint density at radius 3 is 2.79 bits per heavy atom. The highest BCUT2D eigenvalue weighted by atomic mass is 16.5. The van der Waals surface area contributed by atoms with E-state index in [4.69, 9.17) is 10.5 Å². The zero-order valence-corrected chi connectivity index (χ0v) is 9.17. The van der Waals surface area contributed by atoms with E-state index in [1.807, 2.05) is 0 Å². The minimum atomic E-state index is 0.108. The van der Waals surface area contributed by atoms with Crippen molar-refractivity contribution in [3.8, 4) is 0 Å². The molecule has 0 aromatic carbocycles. The van der Waals surface area contributed by atoms with E-state index in [-0.39, 0.29) is 5.54 Å². The molecule has 0 amide bonds. The van der Waals surface area contributed by atoms with Crippen LogP contribution in [-0.2, 0) is 4.74 Å². The average molecular weight is 198 g/mol. The quantitative estimate of drug-likeness (QED) is 0.719. The summed E-state index contributed by atoms with van der Waals surface area (Å²) >= 11 is 0. The molecule has 2 fully saturated rings. The average Bonchev–Trinajstić information content (AvgIpc) is 2.51. The Hall–Kier alpha value is -0.120. The lowest BCUT2D eigenvalue weighted by atomic mass is 9.98. The molecular formula is C11H22N2O. The van der Waals surface area contributed by atoms with Gasteiger partial charge in [-0.3, -0.25) is 4.90 Å². The number of nitrogens with zero attached hydrogens (tertiary/aromatic N) is 1. The van der Waals surface area contributed by atoms with Crippen molar-refractivity contribution >= 4 is 0 Å². The van der Waals surface area contributed by atoms with Crippen molar-refractivity contribution < 1.29 is 4.74 Å². The molecule has 0 spiro atoms. The molecule has 1 saturated carbocycles. The molecule has 1 unspecified atom stereocenters. The second-order valence-corrected chi connectivity index (χ2v) is 4.99. The van der Waals surface area contributed by atoms with Crippen molar-refractivity contribution in [2.75, 3.05) is 26.2 Å². The van der Waals surface area contributed by atoms with Crippen molar-refractivity contribution in [3.63, 3.8) is 0 Å². The first-order valence-corrected chi connectivity index (χ1v) is 5.81. The molecule has 3 heteroatoms. The number of hydrogen-bond acceptors (Lipinski definition) is 3. The zero-order valence-electron chi connectivity index (χ0n) is 9.17. The van der Waals surface area contributed by atoms with Crippen LogP contribution in [0.5, 0.6) is 0 Å². The Kier molecular flexibility index (Phi) is 3.10. The molecule has 1 aliphatic heterocycles. The molecule has 82 valence electrons. The Morgan fingerprint density at radius 2 is 2.14 bits per heavy atom. The number of rotatable bonds is 2. The summed E-state index contributed by atoms with van der Waals surface area (Å²) in [7, 11) is 0. The van der Waals surface area contributed by atoms with Crippen LogP contribution in [0.1, 0.15) is 32.6 Å². The van der Waals surface area contributed by atoms with Crippen LogP contribution in [0.25, 0.3) is 0 Å². The van der Waals surface area contributed by atoms with E-state index >= 15 is 0 Å². The fourth-order valence-electron chi connectivity index (χ4n) is 2.72. The van der Waals surface area contributed by atoms with Crippen LogP contribution in [-0.4, -0.2) is 42.8 Å². The van der Waals surface area contributed by atoms with E-state index in [9.17, 15) is 0 Å². The van der Waals surface area contributed by atoms with Crippen LogP contribution in [0.2, 0.25) is 0 Å². The van der Waals surface area contributed by atoms with Gasteiger partial charge < -0.3 is 10.5 Å². The number of hydrogen-bond donors (Lipinski definition) is 1. The molecule has 1 atom stereocenters. The smallest absolute Gasteiger partial charge is 0.0674 e. The van der Waals surface area contributed by atoms with Gasteiger partial charge in [0.25, 0.3) is 0 Å². The Bertz CT molecular complexity index is 190. The van der Waals surface area contributed by atoms with Gasteiger partial charge in [-0.05, 0) is 19.8 Å². The van der Waals surface area contributed by atoms with E-state index in [2.05, 4.69) is 11.8 Å². The van der Waals surface area contributed by atoms with Gasteiger partial charge in [-0.2, -0.15) is 0 Å². The molecule has 1 saturated heterocycles. The third-order valence-electron chi connectivity index (χ3n) is 3.46. The van der Waals surface area contributed by atoms with Crippen molar-refractivity contribution in [1.82, 2.24) is 4.90 Å². The van der Waals surface area contributed by atoms with Crippen molar-refractivity contribution in [3.05, 3.63) is 0 Å². The molecule has 1 aliphatic carbocycles. The van der Waals surface area contributed by atoms with Crippen LogP contribution >= 0.6 is 0 Å². The second kappa shape index (κ2) is 4.17. The van der Waals surface area contributed by atoms with Crippen molar-refractivity contribution in [2.45, 2.75) is 44.2 Å². The normalized spacial score (nSPS) is 33.4. The molecule has 3 nitrogen and oxygen atoms in total. The van der Waals surface area contributed by atoms with Gasteiger partial charge in [0, 0.05) is 25.2 Å². The lowest BCUT2D eigenvalue weighted by Crippen LogP contribution is -2.52. The van der Waals surface area contributed by atoms with E-state index < -0.39 is 0 Å². The van der Waals surface area contributed by atoms with Gasteiger partial charge in [0.2, 0.25) is 0 Å². The van der Waals surface area contributed by atoms with E-state index in [0.717, 1.165) is 26.2 Å². The standard InChI is InChI=1S/C11H22N2O/c1-10-8-13(6-7-14-10)9-11(12)4-2-3-5-11/h10H,2-9,12H2,1H3. The van der Waals surface area contributed by atoms with Gasteiger partial charge in [-0.1, -0.05) is 12.8 Å². The number of ether oxygens (including phenoxy) is 1. The van der Waals surface area contributed by atoms with E-state index in [1.54, 1.807) is 0 Å². The van der Waals surface area contributed by atoms with Crippen LogP contribution in [0, 0.1) is 0 Å². The van der Waals surface area contributed by atoms with Crippen molar-refractivity contribution in [2.24, 2.45) is 5.73 Å². The summed E-state index contributed by atoms with van der Waals surface area (Å²) < 4.78 is 5.52. The highest BCUT2D eigenvalue weighted by Crippen LogP contribution is 2.28. The topological polar surface area (TPSA) is 38.5 Å². The molecule has 14 heavy (non-hydrogen) atoms. The lowest BCUT2D eigenvalue weighted by Gasteiger charge is -2.36. The van der Waals surface area contributed by atoms with E-state index in [0.29, 0.717) is 6.10 Å². The minimum Gasteiger partial charge on any atom is -0.376 e. The summed E-state index contributed by atoms with van der Waals surface area (Å²) in [5.74, 6) is 0. The summed E-state index contributed by atoms with van der Waals surface area (Å²) in [5, 5.41) is 0.